The van der Waals surface area contributed by atoms with Gasteiger partial charge < -0.3 is 5.32 Å². The highest BCUT2D eigenvalue weighted by Gasteiger charge is 2.25. The summed E-state index contributed by atoms with van der Waals surface area (Å²) in [6.07, 6.45) is 1.68. The van der Waals surface area contributed by atoms with Crippen molar-refractivity contribution in [2.75, 3.05) is 7.05 Å². The Balaban J connectivity index is 2.52. The number of hydrogen-bond acceptors (Lipinski definition) is 4. The van der Waals surface area contributed by atoms with Crippen LogP contribution in [0.4, 0.5) is 0 Å². The SMILES string of the molecule is CNC(C)C(c1ncnc2ccsc12)C(C)C. The van der Waals surface area contributed by atoms with Crippen LogP contribution in [0.5, 0.6) is 0 Å². The molecule has 92 valence electrons. The first-order valence-electron chi connectivity index (χ1n) is 6.00. The molecule has 0 fully saturated rings. The van der Waals surface area contributed by atoms with Gasteiger partial charge >= 0.3 is 0 Å². The maximum Gasteiger partial charge on any atom is 0.116 e. The molecule has 0 spiro atoms. The third kappa shape index (κ3) is 2.33. The Morgan fingerprint density at radius 1 is 1.24 bits per heavy atom. The lowest BCUT2D eigenvalue weighted by atomic mass is 9.86. The van der Waals surface area contributed by atoms with E-state index in [4.69, 9.17) is 0 Å². The van der Waals surface area contributed by atoms with Crippen LogP contribution in [-0.2, 0) is 0 Å². The van der Waals surface area contributed by atoms with Gasteiger partial charge in [0.15, 0.2) is 0 Å². The fourth-order valence-electron chi connectivity index (χ4n) is 2.35. The molecule has 0 aliphatic heterocycles. The van der Waals surface area contributed by atoms with Crippen molar-refractivity contribution in [2.24, 2.45) is 5.92 Å². The lowest BCUT2D eigenvalue weighted by molar-refractivity contribution is 0.390. The molecular formula is C13H19N3S. The Hall–Kier alpha value is -1.000. The van der Waals surface area contributed by atoms with Crippen molar-refractivity contribution in [1.29, 1.82) is 0 Å². The van der Waals surface area contributed by atoms with E-state index in [2.05, 4.69) is 47.5 Å². The van der Waals surface area contributed by atoms with E-state index in [1.807, 2.05) is 7.05 Å². The van der Waals surface area contributed by atoms with Gasteiger partial charge in [-0.15, -0.1) is 11.3 Å². The van der Waals surface area contributed by atoms with Crippen LogP contribution in [0.1, 0.15) is 32.4 Å². The maximum absolute atomic E-state index is 4.53. The van der Waals surface area contributed by atoms with E-state index in [9.17, 15) is 0 Å². The molecule has 3 nitrogen and oxygen atoms in total. The molecule has 0 aliphatic carbocycles. The molecule has 2 aromatic heterocycles. The quantitative estimate of drug-likeness (QED) is 0.905. The molecule has 2 atom stereocenters. The molecule has 2 unspecified atom stereocenters. The summed E-state index contributed by atoms with van der Waals surface area (Å²) < 4.78 is 1.23. The number of hydrogen-bond donors (Lipinski definition) is 1. The highest BCUT2D eigenvalue weighted by atomic mass is 32.1. The normalized spacial score (nSPS) is 15.4. The van der Waals surface area contributed by atoms with Crippen molar-refractivity contribution < 1.29 is 0 Å². The Morgan fingerprint density at radius 2 is 2.00 bits per heavy atom. The van der Waals surface area contributed by atoms with Crippen molar-refractivity contribution in [1.82, 2.24) is 15.3 Å². The second-order valence-electron chi connectivity index (χ2n) is 4.74. The molecular weight excluding hydrogens is 230 g/mol. The number of likely N-dealkylation sites (N-methyl/N-ethyl adjacent to an activating group) is 1. The molecule has 4 heteroatoms. The minimum atomic E-state index is 0.412. The highest BCUT2D eigenvalue weighted by Crippen LogP contribution is 2.33. The summed E-state index contributed by atoms with van der Waals surface area (Å²) >= 11 is 1.73. The molecule has 0 radical (unpaired) electrons. The van der Waals surface area contributed by atoms with Gasteiger partial charge in [-0.1, -0.05) is 13.8 Å². The van der Waals surface area contributed by atoms with Gasteiger partial charge in [0.05, 0.1) is 15.9 Å². The highest BCUT2D eigenvalue weighted by molar-refractivity contribution is 7.17. The van der Waals surface area contributed by atoms with Gasteiger partial charge in [0.1, 0.15) is 6.33 Å². The van der Waals surface area contributed by atoms with Gasteiger partial charge in [-0.2, -0.15) is 0 Å². The zero-order valence-corrected chi connectivity index (χ0v) is 11.6. The molecule has 0 amide bonds. The van der Waals surface area contributed by atoms with Gasteiger partial charge in [-0.25, -0.2) is 9.97 Å². The van der Waals surface area contributed by atoms with E-state index in [-0.39, 0.29) is 0 Å². The van der Waals surface area contributed by atoms with Crippen LogP contribution in [0.15, 0.2) is 17.8 Å². The van der Waals surface area contributed by atoms with Crippen LogP contribution in [0, 0.1) is 5.92 Å². The molecule has 17 heavy (non-hydrogen) atoms. The minimum absolute atomic E-state index is 0.412. The first kappa shape index (κ1) is 12.5. The smallest absolute Gasteiger partial charge is 0.116 e. The maximum atomic E-state index is 4.53. The van der Waals surface area contributed by atoms with E-state index >= 15 is 0 Å². The first-order chi connectivity index (χ1) is 8.15. The zero-order chi connectivity index (χ0) is 12.4. The molecule has 0 saturated heterocycles. The van der Waals surface area contributed by atoms with Gasteiger partial charge in [0, 0.05) is 12.0 Å². The molecule has 2 heterocycles. The molecule has 0 bridgehead atoms. The van der Waals surface area contributed by atoms with Crippen LogP contribution in [0.3, 0.4) is 0 Å². The fourth-order valence-corrected chi connectivity index (χ4v) is 3.24. The number of aromatic nitrogens is 2. The molecule has 0 aliphatic rings. The van der Waals surface area contributed by atoms with Crippen LogP contribution >= 0.6 is 11.3 Å². The number of nitrogens with zero attached hydrogens (tertiary/aromatic N) is 2. The predicted octanol–water partition coefficient (Wildman–Crippen LogP) is 3.04. The Kier molecular flexibility index (Phi) is 3.74. The summed E-state index contributed by atoms with van der Waals surface area (Å²) in [6, 6.07) is 2.47. The zero-order valence-electron chi connectivity index (χ0n) is 10.8. The van der Waals surface area contributed by atoms with Crippen molar-refractivity contribution in [2.45, 2.75) is 32.7 Å². The third-order valence-corrected chi connectivity index (χ3v) is 4.22. The summed E-state index contributed by atoms with van der Waals surface area (Å²) in [5, 5.41) is 5.43. The molecule has 2 aromatic rings. The summed E-state index contributed by atoms with van der Waals surface area (Å²) in [7, 11) is 2.01. The number of rotatable bonds is 4. The van der Waals surface area contributed by atoms with E-state index in [1.165, 1.54) is 10.4 Å². The van der Waals surface area contributed by atoms with Crippen LogP contribution < -0.4 is 5.32 Å². The lowest BCUT2D eigenvalue weighted by Gasteiger charge is -2.26. The van der Waals surface area contributed by atoms with E-state index in [0.717, 1.165) is 5.52 Å². The van der Waals surface area contributed by atoms with E-state index in [0.29, 0.717) is 17.9 Å². The average Bonchev–Trinajstić information content (AvgIpc) is 2.77. The summed E-state index contributed by atoms with van der Waals surface area (Å²) in [5.41, 5.74) is 2.25. The molecule has 0 aromatic carbocycles. The van der Waals surface area contributed by atoms with Gasteiger partial charge in [0.2, 0.25) is 0 Å². The second-order valence-corrected chi connectivity index (χ2v) is 5.66. The first-order valence-corrected chi connectivity index (χ1v) is 6.88. The largest absolute Gasteiger partial charge is 0.317 e. The standard InChI is InChI=1S/C13H19N3S/c1-8(2)11(9(3)14-4)12-13-10(5-6-17-13)15-7-16-12/h5-9,11,14H,1-4H3. The van der Waals surface area contributed by atoms with Crippen molar-refractivity contribution in [3.05, 3.63) is 23.5 Å². The number of fused-ring (bicyclic) bond motifs is 1. The molecule has 1 N–H and O–H groups in total. The lowest BCUT2D eigenvalue weighted by Crippen LogP contribution is -2.32. The predicted molar refractivity (Wildman–Crippen MR) is 73.5 cm³/mol. The van der Waals surface area contributed by atoms with E-state index < -0.39 is 0 Å². The van der Waals surface area contributed by atoms with Gasteiger partial charge in [-0.3, -0.25) is 0 Å². The average molecular weight is 249 g/mol. The van der Waals surface area contributed by atoms with E-state index in [1.54, 1.807) is 17.7 Å². The van der Waals surface area contributed by atoms with Crippen molar-refractivity contribution in [3.8, 4) is 0 Å². The molecule has 2 rings (SSSR count). The summed E-state index contributed by atoms with van der Waals surface area (Å²) in [6.45, 7) is 6.71. The second kappa shape index (κ2) is 5.10. The fraction of sp³-hybridized carbons (Fsp3) is 0.538. The summed E-state index contributed by atoms with van der Waals surface area (Å²) in [4.78, 5) is 8.84. The number of thiophene rings is 1. The van der Waals surface area contributed by atoms with Crippen molar-refractivity contribution in [3.63, 3.8) is 0 Å². The van der Waals surface area contributed by atoms with Gasteiger partial charge in [-0.05, 0) is 31.3 Å². The third-order valence-electron chi connectivity index (χ3n) is 3.30. The Bertz CT molecular complexity index is 492. The number of nitrogens with one attached hydrogen (secondary N) is 1. The van der Waals surface area contributed by atoms with Gasteiger partial charge in [0.25, 0.3) is 0 Å². The van der Waals surface area contributed by atoms with Crippen LogP contribution in [0.2, 0.25) is 0 Å². The van der Waals surface area contributed by atoms with Crippen LogP contribution in [0.25, 0.3) is 10.2 Å². The topological polar surface area (TPSA) is 37.8 Å². The van der Waals surface area contributed by atoms with Crippen LogP contribution in [-0.4, -0.2) is 23.1 Å². The Labute approximate surface area is 106 Å². The summed E-state index contributed by atoms with van der Waals surface area (Å²) in [5.74, 6) is 0.974. The Morgan fingerprint density at radius 3 is 2.65 bits per heavy atom. The van der Waals surface area contributed by atoms with Crippen molar-refractivity contribution >= 4 is 21.6 Å². The minimum Gasteiger partial charge on any atom is -0.317 e. The molecule has 0 saturated carbocycles. The monoisotopic (exact) mass is 249 g/mol.